The Balaban J connectivity index is 1.66. The lowest BCUT2D eigenvalue weighted by molar-refractivity contribution is -0.00592. The molecule has 0 saturated carbocycles. The van der Waals surface area contributed by atoms with E-state index in [0.717, 1.165) is 0 Å². The van der Waals surface area contributed by atoms with Crippen molar-refractivity contribution in [2.45, 2.75) is 6.35 Å². The van der Waals surface area contributed by atoms with Crippen LogP contribution in [-0.2, 0) is 4.74 Å². The largest absolute Gasteiger partial charge is 0.448 e. The van der Waals surface area contributed by atoms with Crippen LogP contribution in [0.15, 0.2) is 27.1 Å². The molecule has 0 unspecified atom stereocenters. The van der Waals surface area contributed by atoms with Gasteiger partial charge < -0.3 is 9.26 Å². The summed E-state index contributed by atoms with van der Waals surface area (Å²) in [4.78, 5) is 0. The lowest BCUT2D eigenvalue weighted by Crippen LogP contribution is -2.04. The zero-order chi connectivity index (χ0) is 7.52. The summed E-state index contributed by atoms with van der Waals surface area (Å²) in [7, 11) is 0. The Morgan fingerprint density at radius 1 is 1.55 bits per heavy atom. The molecular weight excluding hydrogens is 150 g/mol. The molecule has 0 bridgehead atoms. The average Bonchev–Trinajstić information content (AvgIpc) is 2.66. The van der Waals surface area contributed by atoms with Crippen LogP contribution in [0.1, 0.15) is 0 Å². The summed E-state index contributed by atoms with van der Waals surface area (Å²) in [6.07, 6.45) is 1.09. The molecule has 0 amide bonds. The van der Waals surface area contributed by atoms with E-state index < -0.39 is 0 Å². The minimum absolute atomic E-state index is 0.0875. The van der Waals surface area contributed by atoms with Gasteiger partial charge >= 0.3 is 0 Å². The Labute approximate surface area is 61.8 Å². The van der Waals surface area contributed by atoms with Crippen molar-refractivity contribution < 1.29 is 14.0 Å². The molecule has 1 aromatic heterocycles. The van der Waals surface area contributed by atoms with Gasteiger partial charge in [0.2, 0.25) is 0 Å². The lowest BCUT2D eigenvalue weighted by atomic mass is 10.7. The average molecular weight is 155 g/mol. The Morgan fingerprint density at radius 3 is 3.09 bits per heavy atom. The highest BCUT2D eigenvalue weighted by molar-refractivity contribution is 5.01. The second-order valence-electron chi connectivity index (χ2n) is 1.82. The third-order valence-electron chi connectivity index (χ3n) is 1.05. The van der Waals surface area contributed by atoms with Crippen molar-refractivity contribution in [3.8, 4) is 5.88 Å². The summed E-state index contributed by atoms with van der Waals surface area (Å²) < 4.78 is 14.3. The summed E-state index contributed by atoms with van der Waals surface area (Å²) in [5.74, 6) is 0.394. The van der Waals surface area contributed by atoms with Gasteiger partial charge in [0.15, 0.2) is 6.79 Å². The normalized spacial score (nSPS) is 15.3. The van der Waals surface area contributed by atoms with Crippen LogP contribution < -0.4 is 4.74 Å². The summed E-state index contributed by atoms with van der Waals surface area (Å²) >= 11 is 0. The first kappa shape index (κ1) is 6.29. The van der Waals surface area contributed by atoms with E-state index in [1.165, 1.54) is 6.26 Å². The van der Waals surface area contributed by atoms with Crippen LogP contribution in [0.4, 0.5) is 0 Å². The fraction of sp³-hybridized carbons (Fsp3) is 0.400. The molecule has 6 heteroatoms. The molecule has 1 aliphatic heterocycles. The number of rotatable bonds is 4. The van der Waals surface area contributed by atoms with E-state index in [0.29, 0.717) is 5.88 Å². The molecule has 0 atom stereocenters. The Morgan fingerprint density at radius 2 is 2.45 bits per heavy atom. The zero-order valence-corrected chi connectivity index (χ0v) is 5.51. The molecular formula is C5H5N3O3. The first-order chi connectivity index (χ1) is 5.45. The SMILES string of the molecule is c1cc(OCOC2N=N2)no1. The quantitative estimate of drug-likeness (QED) is 0.602. The predicted octanol–water partition coefficient (Wildman–Crippen LogP) is 0.777. The monoisotopic (exact) mass is 155 g/mol. The molecule has 0 fully saturated rings. The van der Waals surface area contributed by atoms with E-state index in [9.17, 15) is 0 Å². The summed E-state index contributed by atoms with van der Waals surface area (Å²) in [6, 6.07) is 1.59. The molecule has 0 saturated heterocycles. The van der Waals surface area contributed by atoms with Crippen molar-refractivity contribution in [2.24, 2.45) is 10.2 Å². The molecule has 0 N–H and O–H groups in total. The molecule has 6 nitrogen and oxygen atoms in total. The van der Waals surface area contributed by atoms with E-state index in [-0.39, 0.29) is 13.1 Å². The highest BCUT2D eigenvalue weighted by Gasteiger charge is 2.15. The first-order valence-corrected chi connectivity index (χ1v) is 3.00. The van der Waals surface area contributed by atoms with Crippen molar-refractivity contribution in [2.75, 3.05) is 6.79 Å². The van der Waals surface area contributed by atoms with Gasteiger partial charge in [-0.1, -0.05) is 0 Å². The van der Waals surface area contributed by atoms with Crippen LogP contribution in [0.5, 0.6) is 5.88 Å². The highest BCUT2D eigenvalue weighted by atomic mass is 16.7. The number of hydrogen-bond donors (Lipinski definition) is 0. The zero-order valence-electron chi connectivity index (χ0n) is 5.51. The van der Waals surface area contributed by atoms with Gasteiger partial charge in [0.1, 0.15) is 6.26 Å². The molecule has 11 heavy (non-hydrogen) atoms. The van der Waals surface area contributed by atoms with Gasteiger partial charge in [-0.05, 0) is 5.16 Å². The van der Waals surface area contributed by atoms with Crippen molar-refractivity contribution >= 4 is 0 Å². The molecule has 1 aliphatic rings. The summed E-state index contributed by atoms with van der Waals surface area (Å²) in [5.41, 5.74) is 0. The van der Waals surface area contributed by atoms with Crippen LogP contribution in [0.3, 0.4) is 0 Å². The van der Waals surface area contributed by atoms with Crippen molar-refractivity contribution in [3.63, 3.8) is 0 Å². The van der Waals surface area contributed by atoms with Gasteiger partial charge in [0.05, 0.1) is 0 Å². The summed E-state index contributed by atoms with van der Waals surface area (Å²) in [6.45, 7) is 0.0875. The fourth-order valence-electron chi connectivity index (χ4n) is 0.525. The predicted molar refractivity (Wildman–Crippen MR) is 31.7 cm³/mol. The van der Waals surface area contributed by atoms with Crippen molar-refractivity contribution in [3.05, 3.63) is 12.3 Å². The van der Waals surface area contributed by atoms with Gasteiger partial charge in [-0.2, -0.15) is 0 Å². The van der Waals surface area contributed by atoms with E-state index in [1.807, 2.05) is 0 Å². The molecule has 1 aromatic rings. The van der Waals surface area contributed by atoms with Gasteiger partial charge in [-0.15, -0.1) is 10.2 Å². The number of aromatic nitrogens is 1. The molecule has 2 heterocycles. The molecule has 2 rings (SSSR count). The van der Waals surface area contributed by atoms with Crippen molar-refractivity contribution in [1.82, 2.24) is 5.16 Å². The van der Waals surface area contributed by atoms with Gasteiger partial charge in [-0.25, -0.2) is 0 Å². The van der Waals surface area contributed by atoms with Gasteiger partial charge in [0, 0.05) is 6.07 Å². The Bertz CT molecular complexity index is 239. The number of ether oxygens (including phenoxy) is 2. The molecule has 0 radical (unpaired) electrons. The van der Waals surface area contributed by atoms with Crippen LogP contribution in [0.25, 0.3) is 0 Å². The number of hydrogen-bond acceptors (Lipinski definition) is 6. The van der Waals surface area contributed by atoms with Crippen LogP contribution >= 0.6 is 0 Å². The van der Waals surface area contributed by atoms with E-state index >= 15 is 0 Å². The van der Waals surface area contributed by atoms with Gasteiger partial charge in [0.25, 0.3) is 12.2 Å². The Kier molecular flexibility index (Phi) is 1.53. The maximum Gasteiger partial charge on any atom is 0.285 e. The Hall–Kier alpha value is -1.43. The lowest BCUT2D eigenvalue weighted by Gasteiger charge is -1.98. The second kappa shape index (κ2) is 2.67. The maximum absolute atomic E-state index is 4.95. The summed E-state index contributed by atoms with van der Waals surface area (Å²) in [5, 5.41) is 10.5. The highest BCUT2D eigenvalue weighted by Crippen LogP contribution is 2.12. The van der Waals surface area contributed by atoms with E-state index in [1.54, 1.807) is 6.07 Å². The minimum Gasteiger partial charge on any atom is -0.448 e. The maximum atomic E-state index is 4.95. The van der Waals surface area contributed by atoms with Crippen LogP contribution in [0, 0.1) is 0 Å². The van der Waals surface area contributed by atoms with E-state index in [2.05, 4.69) is 19.9 Å². The number of nitrogens with zero attached hydrogens (tertiary/aromatic N) is 3. The van der Waals surface area contributed by atoms with Gasteiger partial charge in [-0.3, -0.25) is 4.74 Å². The van der Waals surface area contributed by atoms with Crippen LogP contribution in [0.2, 0.25) is 0 Å². The third-order valence-corrected chi connectivity index (χ3v) is 1.05. The minimum atomic E-state index is -0.332. The molecule has 0 spiro atoms. The first-order valence-electron chi connectivity index (χ1n) is 3.00. The molecule has 0 aliphatic carbocycles. The van der Waals surface area contributed by atoms with Crippen LogP contribution in [-0.4, -0.2) is 18.3 Å². The van der Waals surface area contributed by atoms with Crippen molar-refractivity contribution in [1.29, 1.82) is 0 Å². The molecule has 58 valence electrons. The topological polar surface area (TPSA) is 69.2 Å². The second-order valence-corrected chi connectivity index (χ2v) is 1.82. The fourth-order valence-corrected chi connectivity index (χ4v) is 0.525. The molecule has 0 aromatic carbocycles. The smallest absolute Gasteiger partial charge is 0.285 e. The van der Waals surface area contributed by atoms with E-state index in [4.69, 9.17) is 9.47 Å². The third kappa shape index (κ3) is 1.74. The standard InChI is InChI=1S/C5H5N3O3/c1-2-11-8-4(1)9-3-10-5-6-7-5/h1-2,5H,3H2.